The molecule has 1 aliphatic carbocycles. The number of nitrogens with zero attached hydrogens (tertiary/aromatic N) is 1. The van der Waals surface area contributed by atoms with E-state index in [0.717, 1.165) is 31.4 Å². The molecule has 1 aliphatic rings. The number of carbonyl (C=O) groups is 1. The minimum Gasteiger partial charge on any atom is -0.755 e. The molecular weight excluding hydrogens is 406 g/mol. The quantitative estimate of drug-likeness (QED) is 0.236. The smallest absolute Gasteiger partial charge is 0.337 e. The van der Waals surface area contributed by atoms with Crippen molar-refractivity contribution in [3.05, 3.63) is 53.1 Å². The lowest BCUT2D eigenvalue weighted by molar-refractivity contribution is 0.0600. The monoisotopic (exact) mass is 418 g/mol. The molecule has 3 rings (SSSR count). The van der Waals surface area contributed by atoms with Crippen molar-refractivity contribution in [2.75, 3.05) is 11.4 Å². The van der Waals surface area contributed by atoms with Gasteiger partial charge in [-0.1, -0.05) is 0 Å². The van der Waals surface area contributed by atoms with Crippen molar-refractivity contribution in [3.8, 4) is 5.75 Å². The molecule has 150 valence electrons. The molecule has 0 spiro atoms. The van der Waals surface area contributed by atoms with Crippen molar-refractivity contribution in [1.82, 2.24) is 0 Å². The van der Waals surface area contributed by atoms with Crippen LogP contribution < -0.4 is 9.04 Å². The molecule has 28 heavy (non-hydrogen) atoms. The number of carbonyl (C=O) groups excluding carboxylic acids is 1. The van der Waals surface area contributed by atoms with Crippen molar-refractivity contribution in [3.63, 3.8) is 0 Å². The molecule has 6 nitrogen and oxygen atoms in total. The number of benzene rings is 2. The number of anilines is 2. The zero-order valence-corrected chi connectivity index (χ0v) is 15.0. The third-order valence-corrected chi connectivity index (χ3v) is 4.58. The van der Waals surface area contributed by atoms with Crippen molar-refractivity contribution in [1.29, 1.82) is 0 Å². The van der Waals surface area contributed by atoms with E-state index in [1.165, 1.54) is 0 Å². The van der Waals surface area contributed by atoms with Crippen LogP contribution in [0.2, 0.25) is 0 Å². The van der Waals surface area contributed by atoms with Gasteiger partial charge in [-0.25, -0.2) is 18.0 Å². The molecule has 1 unspecified atom stereocenters. The maximum absolute atomic E-state index is 14.5. The average molecular weight is 418 g/mol. The van der Waals surface area contributed by atoms with Gasteiger partial charge in [-0.2, -0.15) is 4.39 Å². The molecule has 0 radical (unpaired) electrons. The van der Waals surface area contributed by atoms with Gasteiger partial charge in [0, 0.05) is 0 Å². The van der Waals surface area contributed by atoms with E-state index in [-0.39, 0.29) is 15.6 Å². The fourth-order valence-corrected chi connectivity index (χ4v) is 2.99. The van der Waals surface area contributed by atoms with E-state index in [9.17, 15) is 31.1 Å². The number of hydrogen-bond acceptors (Lipinski definition) is 5. The second-order valence-corrected chi connectivity index (χ2v) is 6.60. The first-order chi connectivity index (χ1) is 13.3. The number of hydrogen-bond donors (Lipinski definition) is 0. The zero-order chi connectivity index (χ0) is 20.6. The van der Waals surface area contributed by atoms with E-state index < -0.39 is 58.0 Å². The first-order valence-electron chi connectivity index (χ1n) is 7.86. The van der Waals surface area contributed by atoms with Gasteiger partial charge in [0.25, 0.3) is 0 Å². The lowest BCUT2D eigenvalue weighted by Gasteiger charge is -2.29. The summed E-state index contributed by atoms with van der Waals surface area (Å²) in [7, 11) is 1.14. The molecule has 2 aromatic carbocycles. The van der Waals surface area contributed by atoms with Crippen LogP contribution in [0.3, 0.4) is 0 Å². The highest BCUT2D eigenvalue weighted by atomic mass is 32.2. The van der Waals surface area contributed by atoms with Gasteiger partial charge in [0.1, 0.15) is 5.69 Å². The third kappa shape index (κ3) is 3.67. The molecule has 0 aromatic heterocycles. The summed E-state index contributed by atoms with van der Waals surface area (Å²) in [6.45, 7) is 0. The zero-order valence-electron chi connectivity index (χ0n) is 14.2. The van der Waals surface area contributed by atoms with Crippen LogP contribution in [0.15, 0.2) is 24.3 Å². The molecule has 0 aliphatic heterocycles. The Morgan fingerprint density at radius 2 is 1.64 bits per heavy atom. The standard InChI is InChI=1S/C17H13F4NO5S/c1-26-17(23)8-2-4-9(5-3-8)22(28(24)25)15-13(20)11(18)12(19)14(21)16(15)27-10-6-7-10/h2-5,10H,6-7H2,1H3,(H,24,25)/p-1. The van der Waals surface area contributed by atoms with Crippen LogP contribution in [0.25, 0.3) is 0 Å². The Hall–Kier alpha value is -2.66. The van der Waals surface area contributed by atoms with Crippen molar-refractivity contribution in [2.24, 2.45) is 0 Å². The number of halogens is 4. The van der Waals surface area contributed by atoms with Crippen LogP contribution in [-0.4, -0.2) is 27.9 Å². The lowest BCUT2D eigenvalue weighted by Crippen LogP contribution is -2.23. The second kappa shape index (κ2) is 7.76. The molecule has 0 heterocycles. The van der Waals surface area contributed by atoms with Gasteiger partial charge in [-0.15, -0.1) is 0 Å². The molecule has 0 amide bonds. The van der Waals surface area contributed by atoms with Gasteiger partial charge in [0.15, 0.2) is 17.4 Å². The molecule has 0 saturated heterocycles. The van der Waals surface area contributed by atoms with E-state index in [2.05, 4.69) is 4.74 Å². The number of ether oxygens (including phenoxy) is 2. The summed E-state index contributed by atoms with van der Waals surface area (Å²) in [6, 6.07) is 4.50. The van der Waals surface area contributed by atoms with Gasteiger partial charge in [-0.3, -0.25) is 8.51 Å². The summed E-state index contributed by atoms with van der Waals surface area (Å²) in [5.41, 5.74) is -1.36. The summed E-state index contributed by atoms with van der Waals surface area (Å²) in [4.78, 5) is 11.5. The number of rotatable bonds is 6. The SMILES string of the molecule is COC(=O)c1ccc(N(c2c(F)c(F)c(F)c(F)c2OC2CC2)S(=O)[O-])cc1. The molecule has 2 aromatic rings. The molecule has 1 saturated carbocycles. The maximum atomic E-state index is 14.5. The Labute approximate surface area is 159 Å². The van der Waals surface area contributed by atoms with Crippen LogP contribution >= 0.6 is 0 Å². The fraction of sp³-hybridized carbons (Fsp3) is 0.235. The Morgan fingerprint density at radius 3 is 2.14 bits per heavy atom. The van der Waals surface area contributed by atoms with Crippen LogP contribution in [0.1, 0.15) is 23.2 Å². The van der Waals surface area contributed by atoms with Crippen LogP contribution in [0.5, 0.6) is 5.75 Å². The number of methoxy groups -OCH3 is 1. The van der Waals surface area contributed by atoms with E-state index >= 15 is 0 Å². The molecule has 0 N–H and O–H groups in total. The predicted octanol–water partition coefficient (Wildman–Crippen LogP) is 3.50. The van der Waals surface area contributed by atoms with Gasteiger partial charge in [0.2, 0.25) is 11.6 Å². The van der Waals surface area contributed by atoms with Crippen LogP contribution in [-0.2, 0) is 16.0 Å². The Bertz CT molecular complexity index is 950. The summed E-state index contributed by atoms with van der Waals surface area (Å²) in [5, 5.41) is 0. The first-order valence-corrected chi connectivity index (χ1v) is 8.90. The fourth-order valence-electron chi connectivity index (χ4n) is 2.38. The average Bonchev–Trinajstić information content (AvgIpc) is 3.50. The largest absolute Gasteiger partial charge is 0.755 e. The molecule has 11 heteroatoms. The Morgan fingerprint density at radius 1 is 1.07 bits per heavy atom. The summed E-state index contributed by atoms with van der Waals surface area (Å²) in [5.74, 6) is -9.85. The third-order valence-electron chi connectivity index (χ3n) is 3.88. The van der Waals surface area contributed by atoms with E-state index in [4.69, 9.17) is 4.74 Å². The highest BCUT2D eigenvalue weighted by molar-refractivity contribution is 7.81. The lowest BCUT2D eigenvalue weighted by atomic mass is 10.2. The van der Waals surface area contributed by atoms with Crippen molar-refractivity contribution < 1.29 is 40.6 Å². The summed E-state index contributed by atoms with van der Waals surface area (Å²) < 4.78 is 89.6. The minimum atomic E-state index is -3.27. The second-order valence-electron chi connectivity index (χ2n) is 5.80. The van der Waals surface area contributed by atoms with E-state index in [0.29, 0.717) is 12.8 Å². The van der Waals surface area contributed by atoms with Crippen LogP contribution in [0.4, 0.5) is 28.9 Å². The first kappa shape index (κ1) is 20.1. The summed E-state index contributed by atoms with van der Waals surface area (Å²) >= 11 is -3.27. The van der Waals surface area contributed by atoms with Gasteiger partial charge in [-0.05, 0) is 37.1 Å². The normalized spacial score (nSPS) is 14.5. The highest BCUT2D eigenvalue weighted by Gasteiger charge is 2.35. The molecule has 0 bridgehead atoms. The highest BCUT2D eigenvalue weighted by Crippen LogP contribution is 2.43. The molecular formula is C17H12F4NO5S-. The maximum Gasteiger partial charge on any atom is 0.337 e. The minimum absolute atomic E-state index is 0.0503. The van der Waals surface area contributed by atoms with Gasteiger partial charge < -0.3 is 14.0 Å². The Kier molecular flexibility index (Phi) is 5.57. The molecule has 1 atom stereocenters. The van der Waals surface area contributed by atoms with Crippen molar-refractivity contribution >= 4 is 28.6 Å². The van der Waals surface area contributed by atoms with Gasteiger partial charge >= 0.3 is 5.97 Å². The van der Waals surface area contributed by atoms with Gasteiger partial charge in [0.05, 0.1) is 35.7 Å². The van der Waals surface area contributed by atoms with Crippen molar-refractivity contribution in [2.45, 2.75) is 18.9 Å². The Balaban J connectivity index is 2.17. The summed E-state index contributed by atoms with van der Waals surface area (Å²) in [6.07, 6.45) is 0.364. The predicted molar refractivity (Wildman–Crippen MR) is 88.8 cm³/mol. The topological polar surface area (TPSA) is 78.9 Å². The molecule has 1 fully saturated rings. The van der Waals surface area contributed by atoms with E-state index in [1.54, 1.807) is 0 Å². The van der Waals surface area contributed by atoms with Crippen LogP contribution in [0, 0.1) is 23.3 Å². The number of esters is 1. The van der Waals surface area contributed by atoms with E-state index in [1.807, 2.05) is 0 Å².